The SMILES string of the molecule is COc1ccc(NC(=O)CC[C@H]2CCCN(C3Cc4ccccc4C3)C2)cc1Cl. The van der Waals surface area contributed by atoms with Gasteiger partial charge in [-0.25, -0.2) is 0 Å². The highest BCUT2D eigenvalue weighted by Gasteiger charge is 2.30. The van der Waals surface area contributed by atoms with Gasteiger partial charge >= 0.3 is 0 Å². The van der Waals surface area contributed by atoms with Crippen LogP contribution in [0.2, 0.25) is 5.02 Å². The zero-order valence-corrected chi connectivity index (χ0v) is 17.8. The highest BCUT2D eigenvalue weighted by molar-refractivity contribution is 6.32. The zero-order chi connectivity index (χ0) is 20.2. The van der Waals surface area contributed by atoms with E-state index in [1.54, 1.807) is 19.2 Å². The average molecular weight is 413 g/mol. The van der Waals surface area contributed by atoms with Crippen LogP contribution in [0, 0.1) is 5.92 Å². The highest BCUT2D eigenvalue weighted by Crippen LogP contribution is 2.30. The van der Waals surface area contributed by atoms with Gasteiger partial charge in [0.25, 0.3) is 0 Å². The van der Waals surface area contributed by atoms with Crippen molar-refractivity contribution in [3.63, 3.8) is 0 Å². The molecule has 2 aromatic carbocycles. The lowest BCUT2D eigenvalue weighted by Crippen LogP contribution is -2.43. The molecule has 1 aliphatic heterocycles. The molecule has 2 aliphatic rings. The maximum atomic E-state index is 12.4. The lowest BCUT2D eigenvalue weighted by atomic mass is 9.92. The molecule has 1 fully saturated rings. The molecule has 0 aromatic heterocycles. The van der Waals surface area contributed by atoms with Crippen LogP contribution in [0.3, 0.4) is 0 Å². The van der Waals surface area contributed by atoms with Crippen molar-refractivity contribution < 1.29 is 9.53 Å². The van der Waals surface area contributed by atoms with E-state index in [1.807, 2.05) is 6.07 Å². The molecule has 1 aliphatic carbocycles. The molecule has 0 unspecified atom stereocenters. The first-order valence-corrected chi connectivity index (χ1v) is 10.9. The van der Waals surface area contributed by atoms with Gasteiger partial charge in [-0.1, -0.05) is 35.9 Å². The van der Waals surface area contributed by atoms with Crippen molar-refractivity contribution in [2.24, 2.45) is 5.92 Å². The molecule has 0 spiro atoms. The van der Waals surface area contributed by atoms with Crippen LogP contribution in [0.1, 0.15) is 36.8 Å². The molecule has 1 heterocycles. The molecule has 4 nitrogen and oxygen atoms in total. The quantitative estimate of drug-likeness (QED) is 0.730. The van der Waals surface area contributed by atoms with E-state index in [4.69, 9.17) is 16.3 Å². The number of benzene rings is 2. The Balaban J connectivity index is 1.26. The van der Waals surface area contributed by atoms with Crippen LogP contribution < -0.4 is 10.1 Å². The first-order chi connectivity index (χ1) is 14.1. The lowest BCUT2D eigenvalue weighted by Gasteiger charge is -2.36. The molecular weight excluding hydrogens is 384 g/mol. The minimum Gasteiger partial charge on any atom is -0.495 e. The summed E-state index contributed by atoms with van der Waals surface area (Å²) in [5, 5.41) is 3.46. The summed E-state index contributed by atoms with van der Waals surface area (Å²) >= 11 is 6.14. The Labute approximate surface area is 178 Å². The Hall–Kier alpha value is -2.04. The van der Waals surface area contributed by atoms with E-state index < -0.39 is 0 Å². The topological polar surface area (TPSA) is 41.6 Å². The number of carbonyl (C=O) groups is 1. The van der Waals surface area contributed by atoms with Crippen molar-refractivity contribution in [2.45, 2.75) is 44.6 Å². The summed E-state index contributed by atoms with van der Waals surface area (Å²) in [7, 11) is 1.58. The molecule has 5 heteroatoms. The van der Waals surface area contributed by atoms with Crippen molar-refractivity contribution in [2.75, 3.05) is 25.5 Å². The number of nitrogens with one attached hydrogen (secondary N) is 1. The summed E-state index contributed by atoms with van der Waals surface area (Å²) in [5.41, 5.74) is 3.74. The van der Waals surface area contributed by atoms with E-state index in [-0.39, 0.29) is 5.91 Å². The van der Waals surface area contributed by atoms with Crippen molar-refractivity contribution in [3.8, 4) is 5.75 Å². The van der Waals surface area contributed by atoms with Crippen molar-refractivity contribution in [3.05, 3.63) is 58.6 Å². The third kappa shape index (κ3) is 4.93. The maximum absolute atomic E-state index is 12.4. The second kappa shape index (κ2) is 9.19. The fraction of sp³-hybridized carbons (Fsp3) is 0.458. The minimum absolute atomic E-state index is 0.0524. The van der Waals surface area contributed by atoms with Crippen LogP contribution in [-0.4, -0.2) is 37.0 Å². The summed E-state index contributed by atoms with van der Waals surface area (Å²) in [6.07, 6.45) is 6.27. The first kappa shape index (κ1) is 20.2. The Bertz CT molecular complexity index is 845. The largest absolute Gasteiger partial charge is 0.495 e. The molecule has 1 N–H and O–H groups in total. The number of halogens is 1. The highest BCUT2D eigenvalue weighted by atomic mass is 35.5. The average Bonchev–Trinajstić information content (AvgIpc) is 3.17. The number of anilines is 1. The molecule has 2 aromatic rings. The predicted molar refractivity (Wildman–Crippen MR) is 118 cm³/mol. The molecule has 1 saturated heterocycles. The molecule has 1 atom stereocenters. The van der Waals surface area contributed by atoms with E-state index in [0.717, 1.165) is 18.7 Å². The number of carbonyl (C=O) groups excluding carboxylic acids is 1. The Morgan fingerprint density at radius 1 is 1.21 bits per heavy atom. The van der Waals surface area contributed by atoms with E-state index in [1.165, 1.54) is 43.4 Å². The summed E-state index contributed by atoms with van der Waals surface area (Å²) in [6.45, 7) is 2.30. The third-order valence-corrected chi connectivity index (χ3v) is 6.61. The van der Waals surface area contributed by atoms with Gasteiger partial charge in [0.05, 0.1) is 12.1 Å². The second-order valence-electron chi connectivity index (χ2n) is 8.27. The van der Waals surface area contributed by atoms with Gasteiger partial charge in [-0.3, -0.25) is 9.69 Å². The zero-order valence-electron chi connectivity index (χ0n) is 17.0. The van der Waals surface area contributed by atoms with Gasteiger partial charge in [0.2, 0.25) is 5.91 Å². The first-order valence-electron chi connectivity index (χ1n) is 10.6. The summed E-state index contributed by atoms with van der Waals surface area (Å²) < 4.78 is 5.16. The number of rotatable bonds is 6. The van der Waals surface area contributed by atoms with E-state index >= 15 is 0 Å². The van der Waals surface area contributed by atoms with Gasteiger partial charge in [-0.05, 0) is 73.9 Å². The molecule has 154 valence electrons. The number of amides is 1. The smallest absolute Gasteiger partial charge is 0.224 e. The van der Waals surface area contributed by atoms with Crippen molar-refractivity contribution in [1.82, 2.24) is 4.90 Å². The van der Waals surface area contributed by atoms with Gasteiger partial charge in [0.15, 0.2) is 0 Å². The molecule has 0 saturated carbocycles. The van der Waals surface area contributed by atoms with Gasteiger partial charge in [0, 0.05) is 24.7 Å². The number of fused-ring (bicyclic) bond motifs is 1. The lowest BCUT2D eigenvalue weighted by molar-refractivity contribution is -0.116. The number of likely N-dealkylation sites (tertiary alicyclic amines) is 1. The van der Waals surface area contributed by atoms with Crippen LogP contribution in [-0.2, 0) is 17.6 Å². The fourth-order valence-corrected chi connectivity index (χ4v) is 5.02. The minimum atomic E-state index is 0.0524. The van der Waals surface area contributed by atoms with Gasteiger partial charge in [0.1, 0.15) is 5.75 Å². The maximum Gasteiger partial charge on any atom is 0.224 e. The second-order valence-corrected chi connectivity index (χ2v) is 8.68. The standard InChI is InChI=1S/C24H29ClN2O2/c1-29-23-10-9-20(15-22(23)25)26-24(28)11-8-17-5-4-12-27(16-17)21-13-18-6-2-3-7-19(18)14-21/h2-3,6-7,9-10,15,17,21H,4-5,8,11-14,16H2,1H3,(H,26,28)/t17-/m1/s1. The third-order valence-electron chi connectivity index (χ3n) is 6.31. The van der Waals surface area contributed by atoms with Gasteiger partial charge in [-0.2, -0.15) is 0 Å². The number of methoxy groups -OCH3 is 1. The Morgan fingerprint density at radius 2 is 1.97 bits per heavy atom. The predicted octanol–water partition coefficient (Wildman–Crippen LogP) is 4.95. The molecule has 29 heavy (non-hydrogen) atoms. The molecule has 4 rings (SSSR count). The summed E-state index contributed by atoms with van der Waals surface area (Å²) in [6, 6.07) is 14.8. The number of ether oxygens (including phenoxy) is 1. The van der Waals surface area contributed by atoms with Gasteiger partial charge < -0.3 is 10.1 Å². The van der Waals surface area contributed by atoms with Crippen molar-refractivity contribution >= 4 is 23.2 Å². The summed E-state index contributed by atoms with van der Waals surface area (Å²) in [4.78, 5) is 15.1. The van der Waals surface area contributed by atoms with Crippen LogP contribution in [0.4, 0.5) is 5.69 Å². The Kier molecular flexibility index (Phi) is 6.41. The van der Waals surface area contributed by atoms with Crippen LogP contribution in [0.15, 0.2) is 42.5 Å². The fourth-order valence-electron chi connectivity index (χ4n) is 4.76. The van der Waals surface area contributed by atoms with E-state index in [0.29, 0.717) is 29.2 Å². The van der Waals surface area contributed by atoms with Crippen LogP contribution >= 0.6 is 11.6 Å². The number of hydrogen-bond donors (Lipinski definition) is 1. The molecule has 0 radical (unpaired) electrons. The number of piperidine rings is 1. The van der Waals surface area contributed by atoms with Crippen LogP contribution in [0.5, 0.6) is 5.75 Å². The monoisotopic (exact) mass is 412 g/mol. The van der Waals surface area contributed by atoms with E-state index in [2.05, 4.69) is 34.5 Å². The summed E-state index contributed by atoms with van der Waals surface area (Å²) in [5.74, 6) is 1.26. The van der Waals surface area contributed by atoms with Gasteiger partial charge in [-0.15, -0.1) is 0 Å². The molecule has 1 amide bonds. The molecule has 0 bridgehead atoms. The molecular formula is C24H29ClN2O2. The number of hydrogen-bond acceptors (Lipinski definition) is 3. The normalized spacial score (nSPS) is 19.7. The number of nitrogens with zero attached hydrogens (tertiary/aromatic N) is 1. The van der Waals surface area contributed by atoms with Crippen LogP contribution in [0.25, 0.3) is 0 Å². The Morgan fingerprint density at radius 3 is 2.66 bits per heavy atom. The van der Waals surface area contributed by atoms with Crippen molar-refractivity contribution in [1.29, 1.82) is 0 Å². The van der Waals surface area contributed by atoms with E-state index in [9.17, 15) is 4.79 Å².